The van der Waals surface area contributed by atoms with Gasteiger partial charge in [-0.05, 0) is 61.9 Å². The number of hydrogen-bond donors (Lipinski definition) is 0. The molecule has 0 aliphatic rings. The van der Waals surface area contributed by atoms with Crippen molar-refractivity contribution in [3.05, 3.63) is 76.1 Å². The van der Waals surface area contributed by atoms with Crippen molar-refractivity contribution in [3.63, 3.8) is 0 Å². The topological polar surface area (TPSA) is 43.1 Å². The van der Waals surface area contributed by atoms with Crippen LogP contribution in [0, 0.1) is 13.8 Å². The molecule has 0 aliphatic carbocycles. The van der Waals surface area contributed by atoms with E-state index in [4.69, 9.17) is 4.42 Å². The molecular weight excluding hydrogens is 286 g/mol. The summed E-state index contributed by atoms with van der Waals surface area (Å²) in [5.74, 6) is 0. The summed E-state index contributed by atoms with van der Waals surface area (Å²) in [6.07, 6.45) is 1.78. The third kappa shape index (κ3) is 2.30. The zero-order valence-corrected chi connectivity index (χ0v) is 13.0. The summed E-state index contributed by atoms with van der Waals surface area (Å²) >= 11 is 0. The van der Waals surface area contributed by atoms with Crippen LogP contribution in [0.1, 0.15) is 11.1 Å². The lowest BCUT2D eigenvalue weighted by atomic mass is 10.0. The van der Waals surface area contributed by atoms with Gasteiger partial charge in [-0.25, -0.2) is 0 Å². The fourth-order valence-corrected chi connectivity index (χ4v) is 2.82. The van der Waals surface area contributed by atoms with E-state index in [1.54, 1.807) is 6.20 Å². The molecule has 0 atom stereocenters. The molecule has 0 radical (unpaired) electrons. The quantitative estimate of drug-likeness (QED) is 0.482. The molecule has 0 bridgehead atoms. The smallest absolute Gasteiger partial charge is 0.200 e. The van der Waals surface area contributed by atoms with Gasteiger partial charge in [0.1, 0.15) is 11.2 Å². The molecule has 3 nitrogen and oxygen atoms in total. The number of pyridine rings is 1. The maximum Gasteiger partial charge on any atom is 0.200 e. The maximum atomic E-state index is 12.8. The largest absolute Gasteiger partial charge is 0.456 e. The first-order chi connectivity index (χ1) is 11.1. The molecule has 0 aliphatic heterocycles. The average Bonchev–Trinajstić information content (AvgIpc) is 2.56. The first-order valence-electron chi connectivity index (χ1n) is 7.52. The van der Waals surface area contributed by atoms with Crippen molar-refractivity contribution in [1.82, 2.24) is 4.98 Å². The Bertz CT molecular complexity index is 1110. The highest BCUT2D eigenvalue weighted by molar-refractivity contribution is 5.92. The minimum Gasteiger partial charge on any atom is -0.456 e. The molecule has 2 heterocycles. The molecule has 4 rings (SSSR count). The van der Waals surface area contributed by atoms with Crippen molar-refractivity contribution >= 4 is 21.9 Å². The monoisotopic (exact) mass is 301 g/mol. The Labute approximate surface area is 133 Å². The lowest BCUT2D eigenvalue weighted by molar-refractivity contribution is 0.660. The molecule has 0 spiro atoms. The van der Waals surface area contributed by atoms with E-state index in [1.165, 1.54) is 0 Å². The van der Waals surface area contributed by atoms with Crippen molar-refractivity contribution < 1.29 is 4.42 Å². The van der Waals surface area contributed by atoms with Gasteiger partial charge in [-0.15, -0.1) is 0 Å². The lowest BCUT2D eigenvalue weighted by Gasteiger charge is -2.05. The van der Waals surface area contributed by atoms with Crippen LogP contribution in [-0.4, -0.2) is 4.98 Å². The van der Waals surface area contributed by atoms with Crippen LogP contribution in [0.15, 0.2) is 63.9 Å². The average molecular weight is 301 g/mol. The van der Waals surface area contributed by atoms with Crippen LogP contribution < -0.4 is 5.43 Å². The van der Waals surface area contributed by atoms with Crippen molar-refractivity contribution in [2.75, 3.05) is 0 Å². The van der Waals surface area contributed by atoms with Gasteiger partial charge in [0.15, 0.2) is 0 Å². The second-order valence-corrected chi connectivity index (χ2v) is 5.86. The molecule has 0 amide bonds. The number of aromatic nitrogens is 1. The van der Waals surface area contributed by atoms with Crippen LogP contribution in [0.4, 0.5) is 0 Å². The van der Waals surface area contributed by atoms with Crippen molar-refractivity contribution in [2.45, 2.75) is 13.8 Å². The minimum absolute atomic E-state index is 0.000506. The summed E-state index contributed by atoms with van der Waals surface area (Å²) in [4.78, 5) is 17.2. The number of fused-ring (bicyclic) bond motifs is 2. The summed E-state index contributed by atoms with van der Waals surface area (Å²) in [6.45, 7) is 3.99. The van der Waals surface area contributed by atoms with E-state index in [0.29, 0.717) is 21.9 Å². The van der Waals surface area contributed by atoms with E-state index in [2.05, 4.69) is 4.98 Å². The van der Waals surface area contributed by atoms with Gasteiger partial charge in [-0.3, -0.25) is 9.78 Å². The normalized spacial score (nSPS) is 11.2. The van der Waals surface area contributed by atoms with E-state index >= 15 is 0 Å². The second kappa shape index (κ2) is 5.06. The lowest BCUT2D eigenvalue weighted by Crippen LogP contribution is -2.02. The molecule has 0 saturated carbocycles. The van der Waals surface area contributed by atoms with Crippen LogP contribution in [0.3, 0.4) is 0 Å². The molecular formula is C20H15NO2. The van der Waals surface area contributed by atoms with Crippen LogP contribution in [0.25, 0.3) is 33.2 Å². The van der Waals surface area contributed by atoms with E-state index in [1.807, 2.05) is 62.4 Å². The Balaban J connectivity index is 2.03. The minimum atomic E-state index is -0.000506. The van der Waals surface area contributed by atoms with Gasteiger partial charge in [0.2, 0.25) is 5.43 Å². The molecule has 2 aromatic heterocycles. The number of rotatable bonds is 1. The fraction of sp³-hybridized carbons (Fsp3) is 0.100. The molecule has 0 unspecified atom stereocenters. The van der Waals surface area contributed by atoms with E-state index < -0.39 is 0 Å². The number of aryl methyl sites for hydroxylation is 2. The highest BCUT2D eigenvalue weighted by Gasteiger charge is 2.10. The fourth-order valence-electron chi connectivity index (χ4n) is 2.82. The molecule has 3 heteroatoms. The first-order valence-corrected chi connectivity index (χ1v) is 7.52. The van der Waals surface area contributed by atoms with E-state index in [9.17, 15) is 4.79 Å². The van der Waals surface area contributed by atoms with E-state index in [0.717, 1.165) is 22.4 Å². The molecule has 4 aromatic rings. The van der Waals surface area contributed by atoms with E-state index in [-0.39, 0.29) is 5.43 Å². The summed E-state index contributed by atoms with van der Waals surface area (Å²) in [5, 5.41) is 1.20. The zero-order chi connectivity index (χ0) is 16.0. The Morgan fingerprint density at radius 3 is 2.30 bits per heavy atom. The Morgan fingerprint density at radius 1 is 0.826 bits per heavy atom. The molecule has 0 fully saturated rings. The summed E-state index contributed by atoms with van der Waals surface area (Å²) in [6, 6.07) is 15.3. The predicted octanol–water partition coefficient (Wildman–Crippen LogP) is 4.63. The van der Waals surface area contributed by atoms with Crippen molar-refractivity contribution in [2.24, 2.45) is 0 Å². The Kier molecular flexibility index (Phi) is 3.01. The van der Waals surface area contributed by atoms with Gasteiger partial charge < -0.3 is 4.42 Å². The highest BCUT2D eigenvalue weighted by Crippen LogP contribution is 2.25. The number of nitrogens with zero attached hydrogens (tertiary/aromatic N) is 1. The summed E-state index contributed by atoms with van der Waals surface area (Å²) in [5.41, 5.74) is 5.17. The third-order valence-electron chi connectivity index (χ3n) is 4.03. The predicted molar refractivity (Wildman–Crippen MR) is 92.7 cm³/mol. The Morgan fingerprint density at radius 2 is 1.52 bits per heavy atom. The van der Waals surface area contributed by atoms with Crippen LogP contribution in [0.5, 0.6) is 0 Å². The summed E-state index contributed by atoms with van der Waals surface area (Å²) < 4.78 is 5.88. The van der Waals surface area contributed by atoms with Crippen molar-refractivity contribution in [1.29, 1.82) is 0 Å². The molecule has 23 heavy (non-hydrogen) atoms. The van der Waals surface area contributed by atoms with Crippen LogP contribution in [-0.2, 0) is 0 Å². The third-order valence-corrected chi connectivity index (χ3v) is 4.03. The summed E-state index contributed by atoms with van der Waals surface area (Å²) in [7, 11) is 0. The number of benzene rings is 2. The molecule has 112 valence electrons. The molecule has 0 N–H and O–H groups in total. The van der Waals surface area contributed by atoms with Crippen molar-refractivity contribution in [3.8, 4) is 11.3 Å². The van der Waals surface area contributed by atoms with Crippen LogP contribution >= 0.6 is 0 Å². The molecule has 0 saturated heterocycles. The Hall–Kier alpha value is -2.94. The van der Waals surface area contributed by atoms with Gasteiger partial charge in [-0.1, -0.05) is 11.6 Å². The van der Waals surface area contributed by atoms with Gasteiger partial charge >= 0.3 is 0 Å². The van der Waals surface area contributed by atoms with Gasteiger partial charge in [0.25, 0.3) is 0 Å². The SMILES string of the molecule is Cc1ccnc(-c2ccc3oc4ccc(C)cc4c(=O)c3c2)c1. The van der Waals surface area contributed by atoms with Gasteiger partial charge in [0.05, 0.1) is 16.5 Å². The standard InChI is InChI=1S/C20H15NO2/c1-12-3-5-18-15(9-12)20(22)16-11-14(4-6-19(16)23-18)17-10-13(2)7-8-21-17/h3-11H,1-2H3. The zero-order valence-electron chi connectivity index (χ0n) is 13.0. The first kappa shape index (κ1) is 13.7. The molecule has 2 aromatic carbocycles. The number of hydrogen-bond acceptors (Lipinski definition) is 3. The van der Waals surface area contributed by atoms with Gasteiger partial charge in [-0.2, -0.15) is 0 Å². The highest BCUT2D eigenvalue weighted by atomic mass is 16.3. The van der Waals surface area contributed by atoms with Crippen LogP contribution in [0.2, 0.25) is 0 Å². The maximum absolute atomic E-state index is 12.8. The van der Waals surface area contributed by atoms with Gasteiger partial charge in [0, 0.05) is 11.8 Å². The second-order valence-electron chi connectivity index (χ2n) is 5.86.